The fourth-order valence-electron chi connectivity index (χ4n) is 1.30. The van der Waals surface area contributed by atoms with Crippen LogP contribution in [0.1, 0.15) is 12.0 Å². The van der Waals surface area contributed by atoms with Crippen molar-refractivity contribution in [3.8, 4) is 0 Å². The van der Waals surface area contributed by atoms with E-state index in [4.69, 9.17) is 26.8 Å². The van der Waals surface area contributed by atoms with Gasteiger partial charge in [0.2, 0.25) is 0 Å². The molecule has 0 saturated carbocycles. The number of ether oxygens (including phenoxy) is 2. The zero-order valence-corrected chi connectivity index (χ0v) is 10.4. The van der Waals surface area contributed by atoms with Crippen LogP contribution < -0.4 is 5.73 Å². The summed E-state index contributed by atoms with van der Waals surface area (Å²) in [5.41, 5.74) is 6.26. The molecule has 0 aliphatic carbocycles. The van der Waals surface area contributed by atoms with E-state index in [1.165, 1.54) is 7.11 Å². The van der Waals surface area contributed by atoms with Gasteiger partial charge >= 0.3 is 5.97 Å². The molecular weight excluding hydrogens is 242 g/mol. The number of esters is 1. The maximum atomic E-state index is 11.4. The zero-order chi connectivity index (χ0) is 12.7. The van der Waals surface area contributed by atoms with Gasteiger partial charge in [-0.15, -0.1) is 0 Å². The van der Waals surface area contributed by atoms with E-state index in [9.17, 15) is 4.79 Å². The number of hydrogen-bond donors (Lipinski definition) is 1. The Labute approximate surface area is 106 Å². The highest BCUT2D eigenvalue weighted by molar-refractivity contribution is 6.30. The van der Waals surface area contributed by atoms with Crippen LogP contribution in [-0.2, 0) is 20.9 Å². The van der Waals surface area contributed by atoms with Gasteiger partial charge in [-0.25, -0.2) is 0 Å². The largest absolute Gasteiger partial charge is 0.461 e. The van der Waals surface area contributed by atoms with E-state index in [1.54, 1.807) is 12.1 Å². The molecule has 0 bridgehead atoms. The maximum absolute atomic E-state index is 11.4. The molecule has 0 amide bonds. The van der Waals surface area contributed by atoms with Gasteiger partial charge in [-0.1, -0.05) is 23.7 Å². The van der Waals surface area contributed by atoms with Crippen molar-refractivity contribution in [2.45, 2.75) is 19.1 Å². The Morgan fingerprint density at radius 2 is 2.29 bits per heavy atom. The van der Waals surface area contributed by atoms with Gasteiger partial charge in [0.15, 0.2) is 0 Å². The Bertz CT molecular complexity index is 367. The minimum Gasteiger partial charge on any atom is -0.461 e. The summed E-state index contributed by atoms with van der Waals surface area (Å²) in [5, 5.41) is 0.621. The van der Waals surface area contributed by atoms with Crippen LogP contribution in [0.15, 0.2) is 24.3 Å². The second-order valence-corrected chi connectivity index (χ2v) is 4.02. The van der Waals surface area contributed by atoms with E-state index in [1.807, 2.05) is 12.1 Å². The molecule has 0 saturated heterocycles. The minimum atomic E-state index is -0.331. The lowest BCUT2D eigenvalue weighted by atomic mass is 10.2. The molecule has 0 aliphatic heterocycles. The highest BCUT2D eigenvalue weighted by Crippen LogP contribution is 2.11. The Kier molecular flexibility index (Phi) is 5.97. The Morgan fingerprint density at radius 3 is 2.88 bits per heavy atom. The molecule has 5 heteroatoms. The number of benzene rings is 1. The lowest BCUT2D eigenvalue weighted by molar-refractivity contribution is -0.147. The van der Waals surface area contributed by atoms with Crippen molar-refractivity contribution < 1.29 is 14.3 Å². The molecule has 94 valence electrons. The summed E-state index contributed by atoms with van der Waals surface area (Å²) < 4.78 is 10.1. The van der Waals surface area contributed by atoms with Crippen LogP contribution in [0.5, 0.6) is 0 Å². The van der Waals surface area contributed by atoms with Crippen LogP contribution in [-0.4, -0.2) is 25.7 Å². The van der Waals surface area contributed by atoms with E-state index in [2.05, 4.69) is 0 Å². The van der Waals surface area contributed by atoms with Gasteiger partial charge in [-0.05, 0) is 17.7 Å². The number of carbonyl (C=O) groups is 1. The van der Waals surface area contributed by atoms with Crippen molar-refractivity contribution in [2.75, 3.05) is 13.7 Å². The predicted octanol–water partition coefficient (Wildman–Crippen LogP) is 1.75. The quantitative estimate of drug-likeness (QED) is 0.789. The molecule has 0 heterocycles. The Balaban J connectivity index is 2.38. The van der Waals surface area contributed by atoms with Crippen molar-refractivity contribution in [2.24, 2.45) is 5.73 Å². The van der Waals surface area contributed by atoms with E-state index in [-0.39, 0.29) is 25.1 Å². The summed E-state index contributed by atoms with van der Waals surface area (Å²) in [7, 11) is 1.52. The summed E-state index contributed by atoms with van der Waals surface area (Å²) in [6.45, 7) is 0.503. The molecule has 1 aromatic carbocycles. The maximum Gasteiger partial charge on any atom is 0.308 e. The lowest BCUT2D eigenvalue weighted by Crippen LogP contribution is -2.26. The van der Waals surface area contributed by atoms with Gasteiger partial charge in [0.05, 0.1) is 12.5 Å². The van der Waals surface area contributed by atoms with Crippen LogP contribution in [0.3, 0.4) is 0 Å². The van der Waals surface area contributed by atoms with Crippen LogP contribution in [0.4, 0.5) is 0 Å². The molecule has 2 N–H and O–H groups in total. The molecule has 1 rings (SSSR count). The summed E-state index contributed by atoms with van der Waals surface area (Å²) in [5.74, 6) is -0.331. The molecule has 0 spiro atoms. The first-order valence-corrected chi connectivity index (χ1v) is 5.66. The van der Waals surface area contributed by atoms with Crippen LogP contribution in [0.25, 0.3) is 0 Å². The van der Waals surface area contributed by atoms with Gasteiger partial charge in [0, 0.05) is 18.7 Å². The molecular formula is C12H16ClNO3. The summed E-state index contributed by atoms with van der Waals surface area (Å²) in [6.07, 6.45) is -0.130. The third-order valence-corrected chi connectivity index (χ3v) is 2.51. The summed E-state index contributed by atoms with van der Waals surface area (Å²) in [6, 6.07) is 7.17. The molecule has 0 aromatic heterocycles. The van der Waals surface area contributed by atoms with Gasteiger partial charge < -0.3 is 15.2 Å². The minimum absolute atomic E-state index is 0.160. The number of hydrogen-bond acceptors (Lipinski definition) is 4. The Hall–Kier alpha value is -1.10. The molecule has 4 nitrogen and oxygen atoms in total. The normalized spacial score (nSPS) is 12.2. The van der Waals surface area contributed by atoms with Crippen molar-refractivity contribution >= 4 is 17.6 Å². The molecule has 1 aromatic rings. The van der Waals surface area contributed by atoms with Gasteiger partial charge in [-0.2, -0.15) is 0 Å². The van der Waals surface area contributed by atoms with Gasteiger partial charge in [0.25, 0.3) is 0 Å². The molecule has 0 radical (unpaired) electrons. The molecule has 0 fully saturated rings. The topological polar surface area (TPSA) is 61.5 Å². The third kappa shape index (κ3) is 5.17. The van der Waals surface area contributed by atoms with Crippen molar-refractivity contribution in [1.82, 2.24) is 0 Å². The zero-order valence-electron chi connectivity index (χ0n) is 9.69. The second kappa shape index (κ2) is 7.27. The number of methoxy groups -OCH3 is 1. The highest BCUT2D eigenvalue weighted by atomic mass is 35.5. The third-order valence-electron chi connectivity index (χ3n) is 2.28. The van der Waals surface area contributed by atoms with Crippen LogP contribution >= 0.6 is 11.6 Å². The van der Waals surface area contributed by atoms with Crippen molar-refractivity contribution in [3.63, 3.8) is 0 Å². The molecule has 1 atom stereocenters. The lowest BCUT2D eigenvalue weighted by Gasteiger charge is -2.12. The van der Waals surface area contributed by atoms with E-state index >= 15 is 0 Å². The van der Waals surface area contributed by atoms with Gasteiger partial charge in [0.1, 0.15) is 6.61 Å². The van der Waals surface area contributed by atoms with E-state index < -0.39 is 0 Å². The van der Waals surface area contributed by atoms with Crippen LogP contribution in [0.2, 0.25) is 5.02 Å². The monoisotopic (exact) mass is 257 g/mol. The highest BCUT2D eigenvalue weighted by Gasteiger charge is 2.12. The number of rotatable bonds is 6. The average Bonchev–Trinajstić information content (AvgIpc) is 2.33. The van der Waals surface area contributed by atoms with Crippen molar-refractivity contribution in [1.29, 1.82) is 0 Å². The van der Waals surface area contributed by atoms with Crippen molar-refractivity contribution in [3.05, 3.63) is 34.9 Å². The second-order valence-electron chi connectivity index (χ2n) is 3.59. The average molecular weight is 258 g/mol. The predicted molar refractivity (Wildman–Crippen MR) is 65.7 cm³/mol. The van der Waals surface area contributed by atoms with E-state index in [0.717, 1.165) is 5.56 Å². The first-order chi connectivity index (χ1) is 8.15. The molecule has 1 unspecified atom stereocenters. The van der Waals surface area contributed by atoms with Gasteiger partial charge in [-0.3, -0.25) is 4.79 Å². The number of halogens is 1. The van der Waals surface area contributed by atoms with Crippen LogP contribution in [0, 0.1) is 0 Å². The first-order valence-electron chi connectivity index (χ1n) is 5.28. The fourth-order valence-corrected chi connectivity index (χ4v) is 1.51. The number of carbonyl (C=O) groups excluding carboxylic acids is 1. The Morgan fingerprint density at radius 1 is 1.53 bits per heavy atom. The first kappa shape index (κ1) is 14.0. The SMILES string of the molecule is COC(CN)CC(=O)OCc1cccc(Cl)c1. The smallest absolute Gasteiger partial charge is 0.308 e. The fraction of sp³-hybridized carbons (Fsp3) is 0.417. The number of nitrogens with two attached hydrogens (primary N) is 1. The molecule has 0 aliphatic rings. The summed E-state index contributed by atoms with van der Waals surface area (Å²) >= 11 is 5.81. The standard InChI is InChI=1S/C12H16ClNO3/c1-16-11(7-14)6-12(15)17-8-9-3-2-4-10(13)5-9/h2-5,11H,6-8,14H2,1H3. The summed E-state index contributed by atoms with van der Waals surface area (Å²) in [4.78, 5) is 11.4. The van der Waals surface area contributed by atoms with E-state index in [0.29, 0.717) is 11.6 Å². The molecule has 17 heavy (non-hydrogen) atoms.